The molecule has 6 heteroatoms. The molecule has 2 aliphatic heterocycles. The summed E-state index contributed by atoms with van der Waals surface area (Å²) in [6, 6.07) is 0. The lowest BCUT2D eigenvalue weighted by atomic mass is 9.83. The van der Waals surface area contributed by atoms with E-state index in [-0.39, 0.29) is 28.6 Å². The predicted octanol–water partition coefficient (Wildman–Crippen LogP) is 1.80. The number of halogens is 2. The third-order valence-corrected chi connectivity index (χ3v) is 6.40. The number of likely N-dealkylation sites (tertiary alicyclic amines) is 1. The number of hydrogen-bond donors (Lipinski definition) is 1. The molecule has 1 N–H and O–H groups in total. The predicted molar refractivity (Wildman–Crippen MR) is 82.0 cm³/mol. The van der Waals surface area contributed by atoms with Gasteiger partial charge < -0.3 is 14.7 Å². The summed E-state index contributed by atoms with van der Waals surface area (Å²) in [5.74, 6) is 0.447. The van der Waals surface area contributed by atoms with E-state index in [4.69, 9.17) is 27.9 Å². The SMILES string of the molecule is O=C1CCOC12CCN(CC1CC(Cl)C(Cl)CC1O)CC2. The molecular formula is C15H23Cl2NO3. The number of alkyl halides is 2. The van der Waals surface area contributed by atoms with Gasteiger partial charge in [0.15, 0.2) is 5.78 Å². The highest BCUT2D eigenvalue weighted by Crippen LogP contribution is 2.36. The lowest BCUT2D eigenvalue weighted by molar-refractivity contribution is -0.137. The summed E-state index contributed by atoms with van der Waals surface area (Å²) in [6.45, 7) is 3.11. The van der Waals surface area contributed by atoms with Crippen LogP contribution < -0.4 is 0 Å². The maximum Gasteiger partial charge on any atom is 0.167 e. The van der Waals surface area contributed by atoms with Gasteiger partial charge in [0.05, 0.1) is 23.5 Å². The Kier molecular flexibility index (Phi) is 4.82. The van der Waals surface area contributed by atoms with Crippen LogP contribution in [0.25, 0.3) is 0 Å². The lowest BCUT2D eigenvalue weighted by Crippen LogP contribution is -2.51. The highest BCUT2D eigenvalue weighted by molar-refractivity contribution is 6.30. The van der Waals surface area contributed by atoms with Crippen LogP contribution in [-0.4, -0.2) is 64.5 Å². The van der Waals surface area contributed by atoms with Gasteiger partial charge in [0.2, 0.25) is 0 Å². The van der Waals surface area contributed by atoms with Gasteiger partial charge in [-0.15, -0.1) is 23.2 Å². The fourth-order valence-corrected chi connectivity index (χ4v) is 4.48. The average molecular weight is 336 g/mol. The van der Waals surface area contributed by atoms with E-state index < -0.39 is 5.60 Å². The number of aliphatic hydroxyl groups excluding tert-OH is 1. The summed E-state index contributed by atoms with van der Waals surface area (Å²) in [6.07, 6.45) is 3.07. The third-order valence-electron chi connectivity index (χ3n) is 5.30. The molecule has 1 spiro atoms. The maximum atomic E-state index is 12.0. The standard InChI is InChI=1S/C15H23Cl2NO3/c16-11-7-10(13(19)8-12(11)17)9-18-4-2-15(3-5-18)14(20)1-6-21-15/h10-13,19H,1-9H2. The van der Waals surface area contributed by atoms with Gasteiger partial charge in [-0.25, -0.2) is 0 Å². The van der Waals surface area contributed by atoms with E-state index in [1.165, 1.54) is 0 Å². The van der Waals surface area contributed by atoms with E-state index in [0.717, 1.165) is 38.9 Å². The van der Waals surface area contributed by atoms with Crippen molar-refractivity contribution in [2.75, 3.05) is 26.2 Å². The van der Waals surface area contributed by atoms with Crippen molar-refractivity contribution in [2.45, 2.75) is 54.6 Å². The molecule has 4 nitrogen and oxygen atoms in total. The van der Waals surface area contributed by atoms with Crippen LogP contribution in [0.2, 0.25) is 0 Å². The van der Waals surface area contributed by atoms with Crippen LogP contribution >= 0.6 is 23.2 Å². The summed E-state index contributed by atoms with van der Waals surface area (Å²) in [5, 5.41) is 9.99. The molecule has 3 rings (SSSR count). The monoisotopic (exact) mass is 335 g/mol. The molecule has 4 atom stereocenters. The van der Waals surface area contributed by atoms with Crippen molar-refractivity contribution in [1.82, 2.24) is 4.90 Å². The molecule has 120 valence electrons. The Morgan fingerprint density at radius 1 is 1.24 bits per heavy atom. The topological polar surface area (TPSA) is 49.8 Å². The number of carbonyl (C=O) groups excluding carboxylic acids is 1. The largest absolute Gasteiger partial charge is 0.393 e. The van der Waals surface area contributed by atoms with Gasteiger partial charge in [-0.1, -0.05) is 0 Å². The molecule has 4 unspecified atom stereocenters. The van der Waals surface area contributed by atoms with E-state index in [1.807, 2.05) is 0 Å². The van der Waals surface area contributed by atoms with Gasteiger partial charge >= 0.3 is 0 Å². The Bertz CT molecular complexity index is 398. The van der Waals surface area contributed by atoms with Crippen molar-refractivity contribution in [3.05, 3.63) is 0 Å². The van der Waals surface area contributed by atoms with E-state index in [2.05, 4.69) is 4.90 Å². The zero-order valence-electron chi connectivity index (χ0n) is 12.1. The van der Waals surface area contributed by atoms with Gasteiger partial charge in [-0.3, -0.25) is 4.79 Å². The van der Waals surface area contributed by atoms with Crippen LogP contribution in [-0.2, 0) is 9.53 Å². The molecule has 0 aromatic heterocycles. The molecule has 2 heterocycles. The highest BCUT2D eigenvalue weighted by Gasteiger charge is 2.46. The van der Waals surface area contributed by atoms with E-state index in [1.54, 1.807) is 0 Å². The minimum atomic E-state index is -0.502. The number of nitrogens with zero attached hydrogens (tertiary/aromatic N) is 1. The fraction of sp³-hybridized carbons (Fsp3) is 0.933. The number of ketones is 1. The van der Waals surface area contributed by atoms with E-state index >= 15 is 0 Å². The number of aliphatic hydroxyl groups is 1. The Labute approximate surface area is 135 Å². The quantitative estimate of drug-likeness (QED) is 0.782. The minimum Gasteiger partial charge on any atom is -0.393 e. The second kappa shape index (κ2) is 6.32. The van der Waals surface area contributed by atoms with Crippen LogP contribution in [0.3, 0.4) is 0 Å². The van der Waals surface area contributed by atoms with Crippen molar-refractivity contribution >= 4 is 29.0 Å². The van der Waals surface area contributed by atoms with Gasteiger partial charge in [0, 0.05) is 26.1 Å². The number of Topliss-reactive ketones (excluding diaryl/α,β-unsaturated/α-hetero) is 1. The molecule has 0 aromatic carbocycles. The molecule has 2 saturated heterocycles. The van der Waals surface area contributed by atoms with Crippen molar-refractivity contribution in [3.8, 4) is 0 Å². The second-order valence-electron chi connectivity index (χ2n) is 6.65. The summed E-state index contributed by atoms with van der Waals surface area (Å²) in [7, 11) is 0. The first-order valence-electron chi connectivity index (χ1n) is 7.86. The molecule has 21 heavy (non-hydrogen) atoms. The summed E-state index contributed by atoms with van der Waals surface area (Å²) in [4.78, 5) is 14.3. The first-order chi connectivity index (χ1) is 10.00. The van der Waals surface area contributed by atoms with E-state index in [9.17, 15) is 9.90 Å². The van der Waals surface area contributed by atoms with Crippen molar-refractivity contribution in [2.24, 2.45) is 5.92 Å². The fourth-order valence-electron chi connectivity index (χ4n) is 3.86. The first-order valence-corrected chi connectivity index (χ1v) is 8.73. The van der Waals surface area contributed by atoms with Gasteiger partial charge in [-0.05, 0) is 31.6 Å². The Morgan fingerprint density at radius 3 is 2.52 bits per heavy atom. The minimum absolute atomic E-state index is 0.0593. The molecule has 0 bridgehead atoms. The molecule has 0 amide bonds. The zero-order valence-corrected chi connectivity index (χ0v) is 13.7. The zero-order chi connectivity index (χ0) is 15.0. The summed E-state index contributed by atoms with van der Waals surface area (Å²) < 4.78 is 5.72. The van der Waals surface area contributed by atoms with Crippen LogP contribution in [0.1, 0.15) is 32.1 Å². The van der Waals surface area contributed by atoms with E-state index in [0.29, 0.717) is 19.4 Å². The number of carbonyl (C=O) groups is 1. The van der Waals surface area contributed by atoms with Crippen molar-refractivity contribution in [3.63, 3.8) is 0 Å². The van der Waals surface area contributed by atoms with Gasteiger partial charge in [0.25, 0.3) is 0 Å². The Balaban J connectivity index is 1.52. The average Bonchev–Trinajstić information content (AvgIpc) is 2.80. The molecule has 1 saturated carbocycles. The van der Waals surface area contributed by atoms with Crippen LogP contribution in [0.5, 0.6) is 0 Å². The van der Waals surface area contributed by atoms with Crippen LogP contribution in [0, 0.1) is 5.92 Å². The lowest BCUT2D eigenvalue weighted by Gasteiger charge is -2.41. The van der Waals surface area contributed by atoms with Crippen molar-refractivity contribution in [1.29, 1.82) is 0 Å². The Morgan fingerprint density at radius 2 is 1.90 bits per heavy atom. The molecular weight excluding hydrogens is 313 g/mol. The van der Waals surface area contributed by atoms with Gasteiger partial charge in [-0.2, -0.15) is 0 Å². The highest BCUT2D eigenvalue weighted by atomic mass is 35.5. The second-order valence-corrected chi connectivity index (χ2v) is 7.77. The molecule has 0 radical (unpaired) electrons. The van der Waals surface area contributed by atoms with Crippen molar-refractivity contribution < 1.29 is 14.6 Å². The summed E-state index contributed by atoms with van der Waals surface area (Å²) in [5.41, 5.74) is -0.502. The number of hydrogen-bond acceptors (Lipinski definition) is 4. The smallest absolute Gasteiger partial charge is 0.167 e. The molecule has 0 aromatic rings. The Hall–Kier alpha value is 0.130. The number of piperidine rings is 1. The molecule has 3 aliphatic rings. The van der Waals surface area contributed by atoms with Crippen LogP contribution in [0.15, 0.2) is 0 Å². The normalized spacial score (nSPS) is 40.8. The first kappa shape index (κ1) is 16.0. The van der Waals surface area contributed by atoms with Gasteiger partial charge in [0.1, 0.15) is 5.60 Å². The summed E-state index contributed by atoms with van der Waals surface area (Å²) >= 11 is 12.3. The molecule has 3 fully saturated rings. The molecule has 1 aliphatic carbocycles. The third kappa shape index (κ3) is 3.25. The number of rotatable bonds is 2. The maximum absolute atomic E-state index is 12.0. The van der Waals surface area contributed by atoms with Crippen LogP contribution in [0.4, 0.5) is 0 Å². The number of ether oxygens (including phenoxy) is 1.